The van der Waals surface area contributed by atoms with E-state index in [1.165, 1.54) is 25.7 Å². The van der Waals surface area contributed by atoms with Crippen LogP contribution in [-0.4, -0.2) is 37.0 Å². The number of nitrogens with zero attached hydrogens (tertiary/aromatic N) is 1. The highest BCUT2D eigenvalue weighted by molar-refractivity contribution is 5.80. The van der Waals surface area contributed by atoms with E-state index in [1.807, 2.05) is 0 Å². The summed E-state index contributed by atoms with van der Waals surface area (Å²) in [4.78, 5) is 14.3. The van der Waals surface area contributed by atoms with E-state index in [0.717, 1.165) is 39.0 Å². The molecule has 1 aliphatic rings. The van der Waals surface area contributed by atoms with E-state index in [4.69, 9.17) is 0 Å². The van der Waals surface area contributed by atoms with E-state index in [9.17, 15) is 4.79 Å². The largest absolute Gasteiger partial charge is 0.342 e. The van der Waals surface area contributed by atoms with Crippen LogP contribution in [0.25, 0.3) is 0 Å². The third-order valence-electron chi connectivity index (χ3n) is 3.51. The number of amides is 1. The van der Waals surface area contributed by atoms with Gasteiger partial charge in [0.1, 0.15) is 0 Å². The third-order valence-corrected chi connectivity index (χ3v) is 3.51. The van der Waals surface area contributed by atoms with Gasteiger partial charge in [0.25, 0.3) is 0 Å². The Hall–Kier alpha value is -0.570. The summed E-state index contributed by atoms with van der Waals surface area (Å²) in [5, 5.41) is 3.18. The molecule has 1 saturated heterocycles. The molecule has 0 spiro atoms. The van der Waals surface area contributed by atoms with Crippen molar-refractivity contribution >= 4 is 5.91 Å². The van der Waals surface area contributed by atoms with Gasteiger partial charge in [-0.05, 0) is 12.8 Å². The zero-order valence-corrected chi connectivity index (χ0v) is 11.5. The quantitative estimate of drug-likeness (QED) is 0.628. The molecule has 0 aromatic heterocycles. The highest BCUT2D eigenvalue weighted by Crippen LogP contribution is 2.11. The number of carbonyl (C=O) groups excluding carboxylic acids is 1. The highest BCUT2D eigenvalue weighted by Gasteiger charge is 2.28. The van der Waals surface area contributed by atoms with Crippen LogP contribution in [0.5, 0.6) is 0 Å². The van der Waals surface area contributed by atoms with Crippen LogP contribution >= 0.6 is 0 Å². The van der Waals surface area contributed by atoms with Crippen LogP contribution in [0.15, 0.2) is 0 Å². The van der Waals surface area contributed by atoms with Gasteiger partial charge in [0.05, 0.1) is 5.92 Å². The Morgan fingerprint density at radius 1 is 1.06 bits per heavy atom. The Morgan fingerprint density at radius 3 is 1.94 bits per heavy atom. The fourth-order valence-electron chi connectivity index (χ4n) is 2.16. The minimum atomic E-state index is 0.262. The molecule has 1 fully saturated rings. The maximum absolute atomic E-state index is 12.2. The standard InChI is InChI=1S/C14H28N2O/c1-3-5-7-9-16(10-8-6-4-2)14(17)13-11-15-12-13/h13,15H,3-12H2,1-2H3. The Morgan fingerprint density at radius 2 is 1.59 bits per heavy atom. The Bertz CT molecular complexity index is 204. The predicted octanol–water partition coefficient (Wildman–Crippen LogP) is 2.41. The second-order valence-electron chi connectivity index (χ2n) is 5.09. The molecule has 0 aliphatic carbocycles. The molecule has 0 bridgehead atoms. The van der Waals surface area contributed by atoms with Gasteiger partial charge in [-0.25, -0.2) is 0 Å². The first-order valence-electron chi connectivity index (χ1n) is 7.29. The van der Waals surface area contributed by atoms with E-state index in [0.29, 0.717) is 5.91 Å². The van der Waals surface area contributed by atoms with Crippen LogP contribution in [0.4, 0.5) is 0 Å². The van der Waals surface area contributed by atoms with Crippen molar-refractivity contribution in [3.8, 4) is 0 Å². The van der Waals surface area contributed by atoms with Crippen LogP contribution < -0.4 is 5.32 Å². The van der Waals surface area contributed by atoms with Crippen molar-refractivity contribution < 1.29 is 4.79 Å². The molecule has 17 heavy (non-hydrogen) atoms. The van der Waals surface area contributed by atoms with Gasteiger partial charge >= 0.3 is 0 Å². The lowest BCUT2D eigenvalue weighted by atomic mass is 10.0. The minimum absolute atomic E-state index is 0.262. The number of nitrogens with one attached hydrogen (secondary N) is 1. The Labute approximate surface area is 106 Å². The van der Waals surface area contributed by atoms with Gasteiger partial charge in [0.2, 0.25) is 5.91 Å². The molecule has 3 heteroatoms. The summed E-state index contributed by atoms with van der Waals surface area (Å²) in [6, 6.07) is 0. The first kappa shape index (κ1) is 14.5. The number of hydrogen-bond donors (Lipinski definition) is 1. The van der Waals surface area contributed by atoms with Crippen LogP contribution in [0, 0.1) is 5.92 Å². The minimum Gasteiger partial charge on any atom is -0.342 e. The number of hydrogen-bond acceptors (Lipinski definition) is 2. The summed E-state index contributed by atoms with van der Waals surface area (Å²) < 4.78 is 0. The second-order valence-corrected chi connectivity index (χ2v) is 5.09. The Kier molecular flexibility index (Phi) is 7.25. The van der Waals surface area contributed by atoms with E-state index < -0.39 is 0 Å². The molecular weight excluding hydrogens is 212 g/mol. The van der Waals surface area contributed by atoms with Crippen molar-refractivity contribution in [1.82, 2.24) is 10.2 Å². The normalized spacial score (nSPS) is 15.6. The van der Waals surface area contributed by atoms with Gasteiger partial charge in [0, 0.05) is 26.2 Å². The van der Waals surface area contributed by atoms with Crippen molar-refractivity contribution in [2.75, 3.05) is 26.2 Å². The first-order chi connectivity index (χ1) is 8.29. The molecular formula is C14H28N2O. The maximum atomic E-state index is 12.2. The lowest BCUT2D eigenvalue weighted by molar-refractivity contribution is -0.137. The average Bonchev–Trinajstić information content (AvgIpc) is 2.25. The molecule has 0 atom stereocenters. The number of rotatable bonds is 9. The molecule has 100 valence electrons. The molecule has 1 aliphatic heterocycles. The summed E-state index contributed by atoms with van der Waals surface area (Å²) in [6.45, 7) is 8.12. The van der Waals surface area contributed by atoms with Gasteiger partial charge in [-0.15, -0.1) is 0 Å². The second kappa shape index (κ2) is 8.51. The number of unbranched alkanes of at least 4 members (excludes halogenated alkanes) is 4. The average molecular weight is 240 g/mol. The zero-order chi connectivity index (χ0) is 12.5. The molecule has 0 unspecified atom stereocenters. The SMILES string of the molecule is CCCCCN(CCCCC)C(=O)C1CNC1. The van der Waals surface area contributed by atoms with Gasteiger partial charge in [0.15, 0.2) is 0 Å². The number of carbonyl (C=O) groups is 1. The van der Waals surface area contributed by atoms with Crippen molar-refractivity contribution in [2.45, 2.75) is 52.4 Å². The highest BCUT2D eigenvalue weighted by atomic mass is 16.2. The lowest BCUT2D eigenvalue weighted by Crippen LogP contribution is -2.52. The zero-order valence-electron chi connectivity index (χ0n) is 11.5. The summed E-state index contributed by atoms with van der Waals surface area (Å²) in [6.07, 6.45) is 7.24. The molecule has 0 aromatic rings. The topological polar surface area (TPSA) is 32.3 Å². The van der Waals surface area contributed by atoms with Crippen molar-refractivity contribution in [1.29, 1.82) is 0 Å². The molecule has 0 aromatic carbocycles. The van der Waals surface area contributed by atoms with Crippen LogP contribution in [-0.2, 0) is 4.79 Å². The smallest absolute Gasteiger partial charge is 0.228 e. The monoisotopic (exact) mass is 240 g/mol. The molecule has 3 nitrogen and oxygen atoms in total. The predicted molar refractivity (Wildman–Crippen MR) is 72.0 cm³/mol. The van der Waals surface area contributed by atoms with Crippen molar-refractivity contribution in [3.63, 3.8) is 0 Å². The van der Waals surface area contributed by atoms with E-state index in [-0.39, 0.29) is 5.92 Å². The van der Waals surface area contributed by atoms with Crippen LogP contribution in [0.2, 0.25) is 0 Å². The molecule has 1 amide bonds. The summed E-state index contributed by atoms with van der Waals surface area (Å²) >= 11 is 0. The van der Waals surface area contributed by atoms with E-state index >= 15 is 0 Å². The van der Waals surface area contributed by atoms with Crippen molar-refractivity contribution in [2.24, 2.45) is 5.92 Å². The fraction of sp³-hybridized carbons (Fsp3) is 0.929. The molecule has 1 heterocycles. The third kappa shape index (κ3) is 5.07. The van der Waals surface area contributed by atoms with E-state index in [2.05, 4.69) is 24.1 Å². The van der Waals surface area contributed by atoms with Gasteiger partial charge in [-0.2, -0.15) is 0 Å². The van der Waals surface area contributed by atoms with Crippen LogP contribution in [0.1, 0.15) is 52.4 Å². The molecule has 0 radical (unpaired) electrons. The molecule has 1 N–H and O–H groups in total. The van der Waals surface area contributed by atoms with Gasteiger partial charge in [-0.3, -0.25) is 4.79 Å². The molecule has 1 rings (SSSR count). The first-order valence-corrected chi connectivity index (χ1v) is 7.29. The van der Waals surface area contributed by atoms with Crippen LogP contribution in [0.3, 0.4) is 0 Å². The summed E-state index contributed by atoms with van der Waals surface area (Å²) in [5.41, 5.74) is 0. The summed E-state index contributed by atoms with van der Waals surface area (Å²) in [7, 11) is 0. The van der Waals surface area contributed by atoms with E-state index in [1.54, 1.807) is 0 Å². The lowest BCUT2D eigenvalue weighted by Gasteiger charge is -2.32. The van der Waals surface area contributed by atoms with Gasteiger partial charge in [-0.1, -0.05) is 39.5 Å². The van der Waals surface area contributed by atoms with Crippen molar-refractivity contribution in [3.05, 3.63) is 0 Å². The summed E-state index contributed by atoms with van der Waals surface area (Å²) in [5.74, 6) is 0.647. The molecule has 0 saturated carbocycles. The fourth-order valence-corrected chi connectivity index (χ4v) is 2.16. The Balaban J connectivity index is 2.30. The maximum Gasteiger partial charge on any atom is 0.228 e. The van der Waals surface area contributed by atoms with Gasteiger partial charge < -0.3 is 10.2 Å².